The molecule has 1 saturated heterocycles. The first-order valence-electron chi connectivity index (χ1n) is 9.50. The highest BCUT2D eigenvalue weighted by molar-refractivity contribution is 5.97. The minimum absolute atomic E-state index is 0.116. The Morgan fingerprint density at radius 3 is 2.54 bits per heavy atom. The molecular formula is C20H25N5O. The summed E-state index contributed by atoms with van der Waals surface area (Å²) in [7, 11) is 0. The number of aromatic nitrogens is 4. The zero-order valence-corrected chi connectivity index (χ0v) is 15.4. The van der Waals surface area contributed by atoms with Gasteiger partial charge in [0.25, 0.3) is 5.91 Å². The molecule has 0 bridgehead atoms. The number of rotatable bonds is 4. The molecule has 3 heterocycles. The van der Waals surface area contributed by atoms with Crippen molar-refractivity contribution in [3.8, 4) is 0 Å². The van der Waals surface area contributed by atoms with Gasteiger partial charge in [0, 0.05) is 11.6 Å². The largest absolute Gasteiger partial charge is 0.294 e. The lowest BCUT2D eigenvalue weighted by Crippen LogP contribution is -2.33. The second-order valence-corrected chi connectivity index (χ2v) is 6.97. The number of hydrogen-bond acceptors (Lipinski definition) is 4. The van der Waals surface area contributed by atoms with Gasteiger partial charge in [0.2, 0.25) is 0 Å². The molecule has 2 aromatic heterocycles. The number of benzene rings is 1. The van der Waals surface area contributed by atoms with Gasteiger partial charge in [0.1, 0.15) is 0 Å². The maximum absolute atomic E-state index is 13.0. The molecule has 1 atom stereocenters. The molecule has 1 fully saturated rings. The van der Waals surface area contributed by atoms with Crippen LogP contribution in [0.5, 0.6) is 0 Å². The molecule has 26 heavy (non-hydrogen) atoms. The van der Waals surface area contributed by atoms with Gasteiger partial charge in [0.15, 0.2) is 11.5 Å². The number of likely N-dealkylation sites (tertiary alicyclic amines) is 1. The van der Waals surface area contributed by atoms with Crippen LogP contribution in [0.1, 0.15) is 61.0 Å². The summed E-state index contributed by atoms with van der Waals surface area (Å²) in [5, 5.41) is 9.40. The molecule has 0 N–H and O–H groups in total. The van der Waals surface area contributed by atoms with Crippen molar-refractivity contribution < 1.29 is 4.79 Å². The van der Waals surface area contributed by atoms with E-state index in [1.165, 1.54) is 23.9 Å². The summed E-state index contributed by atoms with van der Waals surface area (Å²) in [4.78, 5) is 15.5. The predicted molar refractivity (Wildman–Crippen MR) is 100 cm³/mol. The van der Waals surface area contributed by atoms with Crippen LogP contribution in [0.4, 0.5) is 0 Å². The lowest BCUT2D eigenvalue weighted by atomic mass is 10.1. The second kappa shape index (κ2) is 7.03. The van der Waals surface area contributed by atoms with E-state index in [0.717, 1.165) is 36.7 Å². The molecule has 1 aromatic carbocycles. The fourth-order valence-electron chi connectivity index (χ4n) is 3.69. The highest BCUT2D eigenvalue weighted by atomic mass is 16.2. The van der Waals surface area contributed by atoms with E-state index in [1.54, 1.807) is 0 Å². The molecule has 1 aliphatic heterocycles. The molecule has 0 aliphatic carbocycles. The Morgan fingerprint density at radius 2 is 1.85 bits per heavy atom. The van der Waals surface area contributed by atoms with Crippen molar-refractivity contribution >= 4 is 11.6 Å². The Labute approximate surface area is 153 Å². The standard InChI is InChI=1S/C20H25N5O/c1-3-17-14-18-24(21-17)19(15(2)23-12-8-5-9-13-23)22-25(18)20(26)16-10-6-4-7-11-16/h4,6-7,10-11,14-15H,3,5,8-9,12-13H2,1-2H3. The summed E-state index contributed by atoms with van der Waals surface area (Å²) in [5.41, 5.74) is 2.35. The molecule has 136 valence electrons. The summed E-state index contributed by atoms with van der Waals surface area (Å²) >= 11 is 0. The fourth-order valence-corrected chi connectivity index (χ4v) is 3.69. The van der Waals surface area contributed by atoms with Crippen LogP contribution in [-0.4, -0.2) is 43.3 Å². The van der Waals surface area contributed by atoms with Crippen LogP contribution in [0.3, 0.4) is 0 Å². The summed E-state index contributed by atoms with van der Waals surface area (Å²) in [5.74, 6) is 0.723. The van der Waals surface area contributed by atoms with Gasteiger partial charge in [-0.3, -0.25) is 9.69 Å². The van der Waals surface area contributed by atoms with Gasteiger partial charge in [-0.15, -0.1) is 5.10 Å². The van der Waals surface area contributed by atoms with Gasteiger partial charge in [-0.25, -0.2) is 0 Å². The summed E-state index contributed by atoms with van der Waals surface area (Å²) < 4.78 is 3.37. The van der Waals surface area contributed by atoms with E-state index in [0.29, 0.717) is 5.56 Å². The van der Waals surface area contributed by atoms with Gasteiger partial charge in [-0.05, 0) is 51.4 Å². The number of carbonyl (C=O) groups excluding carboxylic acids is 1. The number of fused-ring (bicyclic) bond motifs is 1. The Balaban J connectivity index is 1.78. The minimum Gasteiger partial charge on any atom is -0.294 e. The zero-order chi connectivity index (χ0) is 18.1. The summed E-state index contributed by atoms with van der Waals surface area (Å²) in [6.07, 6.45) is 4.56. The Bertz CT molecular complexity index is 905. The van der Waals surface area contributed by atoms with Crippen LogP contribution < -0.4 is 0 Å². The van der Waals surface area contributed by atoms with Crippen LogP contribution in [-0.2, 0) is 6.42 Å². The Hall–Kier alpha value is -2.47. The Morgan fingerprint density at radius 1 is 1.12 bits per heavy atom. The third-order valence-corrected chi connectivity index (χ3v) is 5.27. The molecule has 0 spiro atoms. The monoisotopic (exact) mass is 351 g/mol. The minimum atomic E-state index is -0.116. The van der Waals surface area contributed by atoms with Crippen molar-refractivity contribution in [3.05, 3.63) is 53.5 Å². The first kappa shape index (κ1) is 17.0. The van der Waals surface area contributed by atoms with E-state index < -0.39 is 0 Å². The Kier molecular flexibility index (Phi) is 4.59. The van der Waals surface area contributed by atoms with E-state index in [4.69, 9.17) is 10.2 Å². The molecule has 0 radical (unpaired) electrons. The van der Waals surface area contributed by atoms with Crippen LogP contribution in [0.25, 0.3) is 5.65 Å². The van der Waals surface area contributed by atoms with Gasteiger partial charge < -0.3 is 0 Å². The molecular weight excluding hydrogens is 326 g/mol. The fraction of sp³-hybridized carbons (Fsp3) is 0.450. The van der Waals surface area contributed by atoms with Gasteiger partial charge in [-0.2, -0.15) is 14.3 Å². The third-order valence-electron chi connectivity index (χ3n) is 5.27. The summed E-state index contributed by atoms with van der Waals surface area (Å²) in [6, 6.07) is 11.4. The predicted octanol–water partition coefficient (Wildman–Crippen LogP) is 3.33. The van der Waals surface area contributed by atoms with Crippen molar-refractivity contribution in [3.63, 3.8) is 0 Å². The van der Waals surface area contributed by atoms with Crippen molar-refractivity contribution in [2.75, 3.05) is 13.1 Å². The number of nitrogens with zero attached hydrogens (tertiary/aromatic N) is 5. The van der Waals surface area contributed by atoms with Crippen molar-refractivity contribution in [1.29, 1.82) is 0 Å². The van der Waals surface area contributed by atoms with E-state index in [9.17, 15) is 4.79 Å². The van der Waals surface area contributed by atoms with E-state index in [2.05, 4.69) is 18.7 Å². The molecule has 1 aliphatic rings. The molecule has 6 heteroatoms. The molecule has 3 aromatic rings. The normalized spacial score (nSPS) is 16.8. The van der Waals surface area contributed by atoms with E-state index >= 15 is 0 Å². The smallest absolute Gasteiger partial charge is 0.280 e. The highest BCUT2D eigenvalue weighted by Gasteiger charge is 2.26. The maximum Gasteiger partial charge on any atom is 0.280 e. The quantitative estimate of drug-likeness (QED) is 0.723. The SMILES string of the molecule is CCc1cc2n(C(=O)c3ccccc3)nc(C(C)N3CCCCC3)n2n1. The average molecular weight is 351 g/mol. The van der Waals surface area contributed by atoms with Crippen LogP contribution >= 0.6 is 0 Å². The number of aryl methyl sites for hydroxylation is 1. The van der Waals surface area contributed by atoms with Crippen LogP contribution in [0.2, 0.25) is 0 Å². The van der Waals surface area contributed by atoms with Gasteiger partial charge in [0.05, 0.1) is 11.7 Å². The lowest BCUT2D eigenvalue weighted by molar-refractivity contribution is 0.0948. The maximum atomic E-state index is 13.0. The van der Waals surface area contributed by atoms with Crippen molar-refractivity contribution in [2.45, 2.75) is 45.6 Å². The molecule has 0 amide bonds. The number of hydrogen-bond donors (Lipinski definition) is 0. The number of carbonyl (C=O) groups is 1. The molecule has 0 saturated carbocycles. The number of piperidine rings is 1. The van der Waals surface area contributed by atoms with Crippen molar-refractivity contribution in [1.82, 2.24) is 24.3 Å². The molecule has 4 rings (SSSR count). The van der Waals surface area contributed by atoms with E-state index in [1.807, 2.05) is 40.9 Å². The van der Waals surface area contributed by atoms with Gasteiger partial charge >= 0.3 is 0 Å². The molecule has 1 unspecified atom stereocenters. The third kappa shape index (κ3) is 2.94. The van der Waals surface area contributed by atoms with Gasteiger partial charge in [-0.1, -0.05) is 31.5 Å². The highest BCUT2D eigenvalue weighted by Crippen LogP contribution is 2.25. The van der Waals surface area contributed by atoms with Crippen LogP contribution in [0, 0.1) is 0 Å². The first-order chi connectivity index (χ1) is 12.7. The topological polar surface area (TPSA) is 55.4 Å². The van der Waals surface area contributed by atoms with Crippen LogP contribution in [0.15, 0.2) is 36.4 Å². The summed E-state index contributed by atoms with van der Waals surface area (Å²) in [6.45, 7) is 6.39. The first-order valence-corrected chi connectivity index (χ1v) is 9.50. The molecule has 6 nitrogen and oxygen atoms in total. The second-order valence-electron chi connectivity index (χ2n) is 6.97. The van der Waals surface area contributed by atoms with E-state index in [-0.39, 0.29) is 11.9 Å². The van der Waals surface area contributed by atoms with Crippen molar-refractivity contribution in [2.24, 2.45) is 0 Å². The zero-order valence-electron chi connectivity index (χ0n) is 15.4. The lowest BCUT2D eigenvalue weighted by Gasteiger charge is -2.30. The average Bonchev–Trinajstić information content (AvgIpc) is 3.27.